The van der Waals surface area contributed by atoms with Gasteiger partial charge >= 0.3 is 0 Å². The summed E-state index contributed by atoms with van der Waals surface area (Å²) in [7, 11) is 0. The number of terminal acetylenes is 1. The Hall–Kier alpha value is -0.930. The number of benzene rings is 1. The van der Waals surface area contributed by atoms with Crippen LogP contribution in [-0.2, 0) is 5.41 Å². The van der Waals surface area contributed by atoms with E-state index in [-0.39, 0.29) is 5.41 Å². The molecule has 0 heterocycles. The van der Waals surface area contributed by atoms with E-state index in [2.05, 4.69) is 18.9 Å². The predicted molar refractivity (Wildman–Crippen MR) is 55.9 cm³/mol. The highest BCUT2D eigenvalue weighted by molar-refractivity contribution is 6.31. The molecule has 1 aromatic carbocycles. The monoisotopic (exact) mass is 190 g/mol. The van der Waals surface area contributed by atoms with Gasteiger partial charge in [0.25, 0.3) is 0 Å². The van der Waals surface area contributed by atoms with Crippen LogP contribution < -0.4 is 0 Å². The summed E-state index contributed by atoms with van der Waals surface area (Å²) in [5, 5.41) is 0.807. The molecule has 1 aliphatic rings. The number of halogens is 1. The molecule has 1 heteroatoms. The van der Waals surface area contributed by atoms with Crippen LogP contribution in [0, 0.1) is 19.3 Å². The van der Waals surface area contributed by atoms with Crippen molar-refractivity contribution < 1.29 is 0 Å². The van der Waals surface area contributed by atoms with Gasteiger partial charge in [-0.1, -0.05) is 35.2 Å². The standard InChI is InChI=1S/C12H11Cl/c1-3-12(6-7-12)10-8-9(2)4-5-11(10)13/h1,4-5,8H,6-7H2,2H3. The summed E-state index contributed by atoms with van der Waals surface area (Å²) in [6.45, 7) is 2.06. The summed E-state index contributed by atoms with van der Waals surface area (Å²) < 4.78 is 0. The fourth-order valence-corrected chi connectivity index (χ4v) is 1.92. The molecule has 0 N–H and O–H groups in total. The Kier molecular flexibility index (Phi) is 1.86. The fourth-order valence-electron chi connectivity index (χ4n) is 1.62. The predicted octanol–water partition coefficient (Wildman–Crippen LogP) is 3.31. The zero-order valence-electron chi connectivity index (χ0n) is 7.60. The maximum atomic E-state index is 6.10. The molecule has 0 atom stereocenters. The van der Waals surface area contributed by atoms with E-state index in [1.165, 1.54) is 5.56 Å². The molecular weight excluding hydrogens is 180 g/mol. The maximum Gasteiger partial charge on any atom is 0.0576 e. The SMILES string of the molecule is C#CC1(c2cc(C)ccc2Cl)CC1. The Labute approximate surface area is 83.9 Å². The second-order valence-corrected chi connectivity index (χ2v) is 4.12. The van der Waals surface area contributed by atoms with Crippen LogP contribution in [-0.4, -0.2) is 0 Å². The maximum absolute atomic E-state index is 6.10. The van der Waals surface area contributed by atoms with Crippen LogP contribution >= 0.6 is 11.6 Å². The second-order valence-electron chi connectivity index (χ2n) is 3.71. The smallest absolute Gasteiger partial charge is 0.0576 e. The van der Waals surface area contributed by atoms with Gasteiger partial charge in [-0.05, 0) is 31.4 Å². The quantitative estimate of drug-likeness (QED) is 0.596. The molecule has 0 radical (unpaired) electrons. The molecule has 1 saturated carbocycles. The largest absolute Gasteiger partial charge is 0.119 e. The van der Waals surface area contributed by atoms with Crippen molar-refractivity contribution >= 4 is 11.6 Å². The first-order chi connectivity index (χ1) is 6.18. The van der Waals surface area contributed by atoms with Gasteiger partial charge < -0.3 is 0 Å². The molecule has 0 unspecified atom stereocenters. The van der Waals surface area contributed by atoms with Crippen molar-refractivity contribution in [3.05, 3.63) is 34.3 Å². The lowest BCUT2D eigenvalue weighted by molar-refractivity contribution is 0.928. The van der Waals surface area contributed by atoms with Gasteiger partial charge in [0.2, 0.25) is 0 Å². The van der Waals surface area contributed by atoms with Crippen molar-refractivity contribution in [3.8, 4) is 12.3 Å². The van der Waals surface area contributed by atoms with Crippen LogP contribution in [0.1, 0.15) is 24.0 Å². The highest BCUT2D eigenvalue weighted by Gasteiger charge is 2.43. The third kappa shape index (κ3) is 1.34. The molecule has 1 aliphatic carbocycles. The van der Waals surface area contributed by atoms with E-state index >= 15 is 0 Å². The molecule has 2 rings (SSSR count). The normalized spacial score (nSPS) is 17.9. The average Bonchev–Trinajstić information content (AvgIpc) is 2.90. The van der Waals surface area contributed by atoms with Crippen molar-refractivity contribution in [1.82, 2.24) is 0 Å². The van der Waals surface area contributed by atoms with Gasteiger partial charge in [0.1, 0.15) is 0 Å². The molecule has 0 aromatic heterocycles. The van der Waals surface area contributed by atoms with E-state index in [1.807, 2.05) is 12.1 Å². The van der Waals surface area contributed by atoms with Crippen molar-refractivity contribution in [2.75, 3.05) is 0 Å². The summed E-state index contributed by atoms with van der Waals surface area (Å²) in [5.41, 5.74) is 2.32. The number of aryl methyl sites for hydroxylation is 1. The van der Waals surface area contributed by atoms with Gasteiger partial charge in [0.15, 0.2) is 0 Å². The van der Waals surface area contributed by atoms with E-state index in [0.717, 1.165) is 23.4 Å². The fraction of sp³-hybridized carbons (Fsp3) is 0.333. The van der Waals surface area contributed by atoms with Gasteiger partial charge in [-0.25, -0.2) is 0 Å². The van der Waals surface area contributed by atoms with E-state index < -0.39 is 0 Å². The summed E-state index contributed by atoms with van der Waals surface area (Å²) in [6, 6.07) is 6.05. The van der Waals surface area contributed by atoms with Crippen LogP contribution in [0.3, 0.4) is 0 Å². The topological polar surface area (TPSA) is 0 Å². The Balaban J connectivity index is 2.52. The van der Waals surface area contributed by atoms with E-state index in [0.29, 0.717) is 0 Å². The molecule has 1 fully saturated rings. The lowest BCUT2D eigenvalue weighted by Crippen LogP contribution is -2.03. The lowest BCUT2D eigenvalue weighted by atomic mass is 9.95. The molecule has 0 nitrogen and oxygen atoms in total. The van der Waals surface area contributed by atoms with Crippen LogP contribution in [0.4, 0.5) is 0 Å². The van der Waals surface area contributed by atoms with Gasteiger partial charge in [0, 0.05) is 5.02 Å². The first kappa shape index (κ1) is 8.66. The minimum absolute atomic E-state index is 0.0386. The average molecular weight is 191 g/mol. The Bertz CT molecular complexity index is 381. The highest BCUT2D eigenvalue weighted by atomic mass is 35.5. The van der Waals surface area contributed by atoms with Gasteiger partial charge in [-0.3, -0.25) is 0 Å². The van der Waals surface area contributed by atoms with Gasteiger partial charge in [-0.2, -0.15) is 0 Å². The first-order valence-corrected chi connectivity index (χ1v) is 4.80. The second kappa shape index (κ2) is 2.79. The van der Waals surface area contributed by atoms with Crippen LogP contribution in [0.15, 0.2) is 18.2 Å². The number of hydrogen-bond donors (Lipinski definition) is 0. The Morgan fingerprint density at radius 3 is 2.69 bits per heavy atom. The minimum Gasteiger partial charge on any atom is -0.119 e. The van der Waals surface area contributed by atoms with Gasteiger partial charge in [-0.15, -0.1) is 6.42 Å². The van der Waals surface area contributed by atoms with Crippen LogP contribution in [0.5, 0.6) is 0 Å². The minimum atomic E-state index is -0.0386. The molecule has 13 heavy (non-hydrogen) atoms. The van der Waals surface area contributed by atoms with Crippen LogP contribution in [0.25, 0.3) is 0 Å². The molecule has 0 spiro atoms. The number of hydrogen-bond acceptors (Lipinski definition) is 0. The zero-order chi connectivity index (χ0) is 9.47. The molecule has 0 bridgehead atoms. The highest BCUT2D eigenvalue weighted by Crippen LogP contribution is 2.49. The first-order valence-electron chi connectivity index (χ1n) is 4.42. The molecule has 0 saturated heterocycles. The lowest BCUT2D eigenvalue weighted by Gasteiger charge is -2.10. The molecular formula is C12H11Cl. The Morgan fingerprint density at radius 2 is 2.15 bits per heavy atom. The third-order valence-corrected chi connectivity index (χ3v) is 2.99. The molecule has 1 aromatic rings. The molecule has 0 aliphatic heterocycles. The molecule has 66 valence electrons. The van der Waals surface area contributed by atoms with E-state index in [1.54, 1.807) is 0 Å². The van der Waals surface area contributed by atoms with Crippen LogP contribution in [0.2, 0.25) is 5.02 Å². The number of rotatable bonds is 1. The van der Waals surface area contributed by atoms with Gasteiger partial charge in [0.05, 0.1) is 5.41 Å². The summed E-state index contributed by atoms with van der Waals surface area (Å²) in [6.07, 6.45) is 7.66. The van der Waals surface area contributed by atoms with Crippen molar-refractivity contribution in [2.24, 2.45) is 0 Å². The van der Waals surface area contributed by atoms with E-state index in [4.69, 9.17) is 18.0 Å². The van der Waals surface area contributed by atoms with Crippen molar-refractivity contribution in [1.29, 1.82) is 0 Å². The third-order valence-electron chi connectivity index (χ3n) is 2.66. The summed E-state index contributed by atoms with van der Waals surface area (Å²) >= 11 is 6.10. The zero-order valence-corrected chi connectivity index (χ0v) is 8.36. The molecule has 0 amide bonds. The van der Waals surface area contributed by atoms with Crippen molar-refractivity contribution in [2.45, 2.75) is 25.2 Å². The van der Waals surface area contributed by atoms with E-state index in [9.17, 15) is 0 Å². The van der Waals surface area contributed by atoms with Crippen molar-refractivity contribution in [3.63, 3.8) is 0 Å². The summed E-state index contributed by atoms with van der Waals surface area (Å²) in [4.78, 5) is 0. The Morgan fingerprint density at radius 1 is 1.46 bits per heavy atom. The summed E-state index contributed by atoms with van der Waals surface area (Å²) in [5.74, 6) is 2.85.